The Balaban J connectivity index is 1.43. The lowest BCUT2D eigenvalue weighted by atomic mass is 9.95. The molecular formula is C21H24ClF2N5O2. The molecule has 2 aromatic rings. The van der Waals surface area contributed by atoms with E-state index in [2.05, 4.69) is 15.0 Å². The average molecular weight is 454 g/mol. The van der Waals surface area contributed by atoms with Crippen LogP contribution in [0.15, 0.2) is 6.20 Å². The highest BCUT2D eigenvalue weighted by molar-refractivity contribution is 6.30. The van der Waals surface area contributed by atoms with E-state index in [9.17, 15) is 8.78 Å². The lowest BCUT2D eigenvalue weighted by Crippen LogP contribution is -2.43. The molecular weight excluding hydrogens is 428 g/mol. The number of pyridine rings is 1. The molecule has 4 aliphatic rings. The van der Waals surface area contributed by atoms with Crippen molar-refractivity contribution in [3.05, 3.63) is 17.2 Å². The molecule has 0 N–H and O–H groups in total. The molecule has 4 fully saturated rings. The highest BCUT2D eigenvalue weighted by atomic mass is 35.5. The van der Waals surface area contributed by atoms with Crippen molar-refractivity contribution in [2.75, 3.05) is 37.7 Å². The summed E-state index contributed by atoms with van der Waals surface area (Å²) in [5.41, 5.74) is -1.18. The molecule has 3 saturated heterocycles. The third kappa shape index (κ3) is 3.32. The number of halogens is 3. The van der Waals surface area contributed by atoms with Gasteiger partial charge in [0.15, 0.2) is 11.0 Å². The first kappa shape index (κ1) is 17.7. The first-order valence-corrected chi connectivity index (χ1v) is 11.1. The van der Waals surface area contributed by atoms with Gasteiger partial charge >= 0.3 is 6.01 Å². The number of hydrogen-bond donors (Lipinski definition) is 0. The molecule has 6 rings (SSSR count). The summed E-state index contributed by atoms with van der Waals surface area (Å²) in [6.07, 6.45) is 3.27. The maximum atomic E-state index is 15.0. The number of rotatable bonds is 4. The van der Waals surface area contributed by atoms with Gasteiger partial charge in [0, 0.05) is 32.3 Å². The zero-order valence-corrected chi connectivity index (χ0v) is 17.6. The van der Waals surface area contributed by atoms with E-state index in [1.54, 1.807) is 0 Å². The summed E-state index contributed by atoms with van der Waals surface area (Å²) >= 11 is 5.92. The van der Waals surface area contributed by atoms with Crippen LogP contribution in [-0.4, -0.2) is 76.5 Å². The van der Waals surface area contributed by atoms with Gasteiger partial charge in [-0.05, 0) is 32.2 Å². The predicted molar refractivity (Wildman–Crippen MR) is 111 cm³/mol. The number of aromatic nitrogens is 3. The van der Waals surface area contributed by atoms with Crippen LogP contribution in [0.25, 0.3) is 10.9 Å². The lowest BCUT2D eigenvalue weighted by Gasteiger charge is -2.31. The van der Waals surface area contributed by atoms with Gasteiger partial charge in [0.05, 0.1) is 25.8 Å². The lowest BCUT2D eigenvalue weighted by molar-refractivity contribution is 0.107. The van der Waals surface area contributed by atoms with Gasteiger partial charge < -0.3 is 14.4 Å². The molecule has 31 heavy (non-hydrogen) atoms. The second kappa shape index (κ2) is 7.35. The largest absolute Gasteiger partial charge is 0.461 e. The summed E-state index contributed by atoms with van der Waals surface area (Å²) in [5, 5.41) is 0.0453. The van der Waals surface area contributed by atoms with Crippen molar-refractivity contribution in [3.63, 3.8) is 0 Å². The van der Waals surface area contributed by atoms with E-state index < -0.39 is 24.1 Å². The maximum Gasteiger partial charge on any atom is 0.319 e. The van der Waals surface area contributed by atoms with Crippen molar-refractivity contribution >= 4 is 28.3 Å². The van der Waals surface area contributed by atoms with E-state index in [4.69, 9.17) is 23.8 Å². The zero-order chi connectivity index (χ0) is 23.0. The molecule has 0 aromatic carbocycles. The molecule has 1 aliphatic carbocycles. The molecule has 2 aromatic heterocycles. The molecule has 0 amide bonds. The first-order chi connectivity index (χ1) is 15.8. The van der Waals surface area contributed by atoms with Gasteiger partial charge in [-0.15, -0.1) is 0 Å². The number of fused-ring (bicyclic) bond motifs is 3. The number of anilines is 1. The SMILES string of the molecule is [2H]C([2H])(Oc1nc(N2CCCOC3CC32)c2cnc(Cl)c(F)c2n1)[C@@]12CCCN1C[C@H](F)C2. The molecule has 0 spiro atoms. The van der Waals surface area contributed by atoms with Gasteiger partial charge in [-0.1, -0.05) is 11.6 Å². The van der Waals surface area contributed by atoms with Gasteiger partial charge in [-0.2, -0.15) is 9.97 Å². The smallest absolute Gasteiger partial charge is 0.319 e. The molecule has 0 bridgehead atoms. The number of ether oxygens (including phenoxy) is 2. The Morgan fingerprint density at radius 1 is 1.35 bits per heavy atom. The van der Waals surface area contributed by atoms with Gasteiger partial charge in [0.1, 0.15) is 24.1 Å². The second-order valence-corrected chi connectivity index (χ2v) is 9.16. The predicted octanol–water partition coefficient (Wildman–Crippen LogP) is 3.14. The monoisotopic (exact) mass is 453 g/mol. The molecule has 7 nitrogen and oxygen atoms in total. The number of hydrogen-bond acceptors (Lipinski definition) is 7. The molecule has 5 heterocycles. The van der Waals surface area contributed by atoms with E-state index in [0.29, 0.717) is 37.3 Å². The Morgan fingerprint density at radius 2 is 2.26 bits per heavy atom. The van der Waals surface area contributed by atoms with Crippen molar-refractivity contribution < 1.29 is 21.0 Å². The molecule has 4 atom stereocenters. The summed E-state index contributed by atoms with van der Waals surface area (Å²) in [4.78, 5) is 16.5. The van der Waals surface area contributed by atoms with Crippen LogP contribution < -0.4 is 9.64 Å². The minimum absolute atomic E-state index is 0.0394. The van der Waals surface area contributed by atoms with E-state index in [0.717, 1.165) is 19.3 Å². The summed E-state index contributed by atoms with van der Waals surface area (Å²) < 4.78 is 58.3. The van der Waals surface area contributed by atoms with Crippen LogP contribution in [0.4, 0.5) is 14.6 Å². The van der Waals surface area contributed by atoms with Gasteiger partial charge in [0.2, 0.25) is 0 Å². The number of nitrogens with zero attached hydrogens (tertiary/aromatic N) is 5. The van der Waals surface area contributed by atoms with Gasteiger partial charge in [-0.25, -0.2) is 13.8 Å². The number of alkyl halides is 1. The van der Waals surface area contributed by atoms with Crippen LogP contribution in [0.3, 0.4) is 0 Å². The van der Waals surface area contributed by atoms with Crippen LogP contribution in [0.1, 0.15) is 34.8 Å². The fourth-order valence-electron chi connectivity index (χ4n) is 5.23. The highest BCUT2D eigenvalue weighted by Gasteiger charge is 2.49. The quantitative estimate of drug-likeness (QED) is 0.659. The molecule has 3 aliphatic heterocycles. The molecule has 1 saturated carbocycles. The third-order valence-electron chi connectivity index (χ3n) is 6.78. The Morgan fingerprint density at radius 3 is 3.16 bits per heavy atom. The summed E-state index contributed by atoms with van der Waals surface area (Å²) in [5.74, 6) is -0.394. The van der Waals surface area contributed by atoms with Crippen LogP contribution in [0.2, 0.25) is 5.15 Å². The maximum absolute atomic E-state index is 15.0. The fraction of sp³-hybridized carbons (Fsp3) is 0.667. The van der Waals surface area contributed by atoms with E-state index in [1.807, 2.05) is 9.80 Å². The minimum atomic E-state index is -2.27. The molecule has 10 heteroatoms. The highest BCUT2D eigenvalue weighted by Crippen LogP contribution is 2.42. The fourth-order valence-corrected chi connectivity index (χ4v) is 5.37. The average Bonchev–Trinajstić information content (AvgIpc) is 3.34. The summed E-state index contributed by atoms with van der Waals surface area (Å²) in [6, 6.07) is -0.199. The first-order valence-electron chi connectivity index (χ1n) is 11.8. The topological polar surface area (TPSA) is 63.6 Å². The molecule has 0 radical (unpaired) electrons. The van der Waals surface area contributed by atoms with E-state index >= 15 is 0 Å². The molecule has 2 unspecified atom stereocenters. The van der Waals surface area contributed by atoms with Gasteiger partial charge in [0.25, 0.3) is 0 Å². The summed E-state index contributed by atoms with van der Waals surface area (Å²) in [6.45, 7) is -0.204. The van der Waals surface area contributed by atoms with Crippen molar-refractivity contribution in [2.24, 2.45) is 0 Å². The van der Waals surface area contributed by atoms with Crippen LogP contribution in [-0.2, 0) is 4.74 Å². The van der Waals surface area contributed by atoms with E-state index in [1.165, 1.54) is 6.20 Å². The Bertz CT molecular complexity index is 1110. The zero-order valence-electron chi connectivity index (χ0n) is 18.9. The van der Waals surface area contributed by atoms with Crippen molar-refractivity contribution in [1.29, 1.82) is 0 Å². The van der Waals surface area contributed by atoms with Crippen LogP contribution in [0.5, 0.6) is 6.01 Å². The Kier molecular flexibility index (Phi) is 4.19. The Labute approximate surface area is 186 Å². The minimum Gasteiger partial charge on any atom is -0.461 e. The Hall–Kier alpha value is -1.84. The van der Waals surface area contributed by atoms with Crippen LogP contribution >= 0.6 is 11.6 Å². The normalized spacial score (nSPS) is 34.2. The van der Waals surface area contributed by atoms with Crippen molar-refractivity contribution in [2.45, 2.75) is 56.0 Å². The van der Waals surface area contributed by atoms with Crippen LogP contribution in [0, 0.1) is 5.82 Å². The molecule has 166 valence electrons. The van der Waals surface area contributed by atoms with Gasteiger partial charge in [-0.3, -0.25) is 4.90 Å². The van der Waals surface area contributed by atoms with Crippen molar-refractivity contribution in [1.82, 2.24) is 19.9 Å². The third-order valence-corrected chi connectivity index (χ3v) is 7.05. The summed E-state index contributed by atoms with van der Waals surface area (Å²) in [7, 11) is 0. The second-order valence-electron chi connectivity index (χ2n) is 8.80. The van der Waals surface area contributed by atoms with E-state index in [-0.39, 0.29) is 41.8 Å². The standard InChI is InChI=1S/C21H24ClF2N5O2/c22-18-16(24)17-13(9-25-18)19(29-5-2-6-30-15-7-14(15)29)27-20(26-17)31-11-21-3-1-4-28(21)10-12(23)8-21/h9,12,14-15H,1-8,10-11H2/t12-,14?,15?,21+/m1/s1/i11D2. The van der Waals surface area contributed by atoms with Crippen molar-refractivity contribution in [3.8, 4) is 6.01 Å².